The standard InChI is InChI=1S/C22H26ClN3O3S/c1-3-6-15(2)25-22(27)21(13-16-14-24-20-8-5-4-7-19(16)20)26-30(28,29)18-11-9-17(23)10-12-18/h4-5,7-12,14-15,21,24,26H,3,6,13H2,1-2H3,(H,25,27)/t15-,21+/m1/s1. The lowest BCUT2D eigenvalue weighted by atomic mass is 10.0. The van der Waals surface area contributed by atoms with Crippen LogP contribution in [-0.4, -0.2) is 31.4 Å². The molecule has 3 aromatic rings. The summed E-state index contributed by atoms with van der Waals surface area (Å²) in [6, 6.07) is 12.6. The summed E-state index contributed by atoms with van der Waals surface area (Å²) in [7, 11) is -3.91. The van der Waals surface area contributed by atoms with Gasteiger partial charge in [-0.3, -0.25) is 4.79 Å². The lowest BCUT2D eigenvalue weighted by molar-refractivity contribution is -0.123. The van der Waals surface area contributed by atoms with Crippen molar-refractivity contribution in [1.29, 1.82) is 0 Å². The average Bonchev–Trinajstić information content (AvgIpc) is 3.11. The third-order valence-corrected chi connectivity index (χ3v) is 6.69. The Kier molecular flexibility index (Phi) is 7.18. The van der Waals surface area contributed by atoms with Crippen molar-refractivity contribution in [2.24, 2.45) is 0 Å². The van der Waals surface area contributed by atoms with Crippen molar-refractivity contribution in [3.8, 4) is 0 Å². The van der Waals surface area contributed by atoms with Crippen LogP contribution in [0.25, 0.3) is 10.9 Å². The Morgan fingerprint density at radius 2 is 1.83 bits per heavy atom. The molecule has 2 aromatic carbocycles. The van der Waals surface area contributed by atoms with Gasteiger partial charge in [-0.05, 0) is 55.7 Å². The van der Waals surface area contributed by atoms with E-state index in [1.165, 1.54) is 24.3 Å². The Hall–Kier alpha value is -2.35. The molecule has 3 rings (SSSR count). The maximum Gasteiger partial charge on any atom is 0.241 e. The number of fused-ring (bicyclic) bond motifs is 1. The number of nitrogens with one attached hydrogen (secondary N) is 3. The van der Waals surface area contributed by atoms with Crippen LogP contribution in [0.2, 0.25) is 5.02 Å². The van der Waals surface area contributed by atoms with Gasteiger partial charge in [0, 0.05) is 28.2 Å². The number of benzene rings is 2. The number of rotatable bonds is 9. The molecule has 0 saturated carbocycles. The summed E-state index contributed by atoms with van der Waals surface area (Å²) in [6.45, 7) is 3.95. The highest BCUT2D eigenvalue weighted by atomic mass is 35.5. The SMILES string of the molecule is CCC[C@@H](C)NC(=O)[C@H](Cc1c[nH]c2ccccc12)NS(=O)(=O)c1ccc(Cl)cc1. The van der Waals surface area contributed by atoms with Crippen molar-refractivity contribution in [2.75, 3.05) is 0 Å². The first-order valence-corrected chi connectivity index (χ1v) is 11.8. The number of carbonyl (C=O) groups excluding carboxylic acids is 1. The van der Waals surface area contributed by atoms with Gasteiger partial charge in [-0.1, -0.05) is 43.1 Å². The van der Waals surface area contributed by atoms with Gasteiger partial charge in [0.05, 0.1) is 4.90 Å². The summed E-state index contributed by atoms with van der Waals surface area (Å²) in [5.41, 5.74) is 1.80. The van der Waals surface area contributed by atoms with E-state index in [1.54, 1.807) is 0 Å². The maximum absolute atomic E-state index is 13.0. The van der Waals surface area contributed by atoms with E-state index in [2.05, 4.69) is 15.0 Å². The van der Waals surface area contributed by atoms with Crippen molar-refractivity contribution in [2.45, 2.75) is 50.1 Å². The predicted octanol–water partition coefficient (Wildman–Crippen LogP) is 4.02. The molecule has 0 saturated heterocycles. The highest BCUT2D eigenvalue weighted by molar-refractivity contribution is 7.89. The molecule has 0 aliphatic heterocycles. The Labute approximate surface area is 182 Å². The lowest BCUT2D eigenvalue weighted by Crippen LogP contribution is -2.50. The fraction of sp³-hybridized carbons (Fsp3) is 0.318. The molecule has 2 atom stereocenters. The number of hydrogen-bond donors (Lipinski definition) is 3. The normalized spacial score (nSPS) is 13.8. The Morgan fingerprint density at radius 1 is 1.13 bits per heavy atom. The van der Waals surface area contributed by atoms with E-state index in [9.17, 15) is 13.2 Å². The van der Waals surface area contributed by atoms with Gasteiger partial charge in [-0.2, -0.15) is 4.72 Å². The topological polar surface area (TPSA) is 91.1 Å². The largest absolute Gasteiger partial charge is 0.361 e. The number of sulfonamides is 1. The summed E-state index contributed by atoms with van der Waals surface area (Å²) in [5.74, 6) is -0.348. The molecule has 30 heavy (non-hydrogen) atoms. The molecule has 1 aromatic heterocycles. The third kappa shape index (κ3) is 5.41. The van der Waals surface area contributed by atoms with Gasteiger partial charge in [0.2, 0.25) is 15.9 Å². The van der Waals surface area contributed by atoms with Crippen molar-refractivity contribution in [1.82, 2.24) is 15.0 Å². The van der Waals surface area contributed by atoms with Crippen LogP contribution >= 0.6 is 11.6 Å². The van der Waals surface area contributed by atoms with Gasteiger partial charge in [0.1, 0.15) is 6.04 Å². The minimum atomic E-state index is -3.91. The molecule has 8 heteroatoms. The van der Waals surface area contributed by atoms with E-state index in [0.717, 1.165) is 29.3 Å². The molecule has 0 aliphatic carbocycles. The van der Waals surface area contributed by atoms with Crippen LogP contribution in [0.4, 0.5) is 0 Å². The van der Waals surface area contributed by atoms with E-state index in [1.807, 2.05) is 44.3 Å². The molecular formula is C22H26ClN3O3S. The zero-order chi connectivity index (χ0) is 21.7. The minimum Gasteiger partial charge on any atom is -0.361 e. The van der Waals surface area contributed by atoms with Gasteiger partial charge >= 0.3 is 0 Å². The molecule has 160 valence electrons. The fourth-order valence-corrected chi connectivity index (χ4v) is 4.75. The number of hydrogen-bond acceptors (Lipinski definition) is 3. The van der Waals surface area contributed by atoms with E-state index >= 15 is 0 Å². The first-order valence-electron chi connectivity index (χ1n) is 9.93. The summed E-state index contributed by atoms with van der Waals surface area (Å²) in [5, 5.41) is 4.33. The first-order chi connectivity index (χ1) is 14.3. The number of amides is 1. The van der Waals surface area contributed by atoms with Crippen LogP contribution in [0.3, 0.4) is 0 Å². The molecule has 0 spiro atoms. The number of H-pyrrole nitrogens is 1. The Morgan fingerprint density at radius 3 is 2.53 bits per heavy atom. The van der Waals surface area contributed by atoms with Crippen LogP contribution in [0, 0.1) is 0 Å². The second-order valence-corrected chi connectivity index (χ2v) is 9.54. The van der Waals surface area contributed by atoms with E-state index < -0.39 is 16.1 Å². The molecule has 6 nitrogen and oxygen atoms in total. The summed E-state index contributed by atoms with van der Waals surface area (Å²) in [6.07, 6.45) is 3.78. The van der Waals surface area contributed by atoms with Gasteiger partial charge in [-0.25, -0.2) is 8.42 Å². The van der Waals surface area contributed by atoms with Crippen LogP contribution in [0.15, 0.2) is 59.6 Å². The van der Waals surface area contributed by atoms with E-state index in [4.69, 9.17) is 11.6 Å². The number of para-hydroxylation sites is 1. The molecule has 0 aliphatic rings. The molecule has 0 bridgehead atoms. The molecule has 0 fully saturated rings. The van der Waals surface area contributed by atoms with E-state index in [0.29, 0.717) is 5.02 Å². The Bertz CT molecular complexity index is 1110. The van der Waals surface area contributed by atoms with Crippen LogP contribution in [-0.2, 0) is 21.2 Å². The number of halogens is 1. The van der Waals surface area contributed by atoms with Crippen molar-refractivity contribution in [3.05, 3.63) is 65.3 Å². The molecule has 0 unspecified atom stereocenters. The second kappa shape index (κ2) is 9.64. The number of aromatic amines is 1. The molecule has 0 radical (unpaired) electrons. The summed E-state index contributed by atoms with van der Waals surface area (Å²) < 4.78 is 28.4. The van der Waals surface area contributed by atoms with Crippen LogP contribution in [0.5, 0.6) is 0 Å². The minimum absolute atomic E-state index is 0.0481. The van der Waals surface area contributed by atoms with Crippen LogP contribution < -0.4 is 10.0 Å². The van der Waals surface area contributed by atoms with E-state index in [-0.39, 0.29) is 23.3 Å². The molecule has 1 amide bonds. The number of carbonyl (C=O) groups is 1. The highest BCUT2D eigenvalue weighted by Gasteiger charge is 2.27. The maximum atomic E-state index is 13.0. The van der Waals surface area contributed by atoms with Gasteiger partial charge in [-0.15, -0.1) is 0 Å². The zero-order valence-electron chi connectivity index (χ0n) is 17.0. The van der Waals surface area contributed by atoms with Gasteiger partial charge < -0.3 is 10.3 Å². The van der Waals surface area contributed by atoms with Crippen molar-refractivity contribution >= 4 is 38.4 Å². The van der Waals surface area contributed by atoms with Crippen LogP contribution in [0.1, 0.15) is 32.3 Å². The van der Waals surface area contributed by atoms with Gasteiger partial charge in [0.25, 0.3) is 0 Å². The Balaban J connectivity index is 1.88. The summed E-state index contributed by atoms with van der Waals surface area (Å²) in [4.78, 5) is 16.2. The lowest BCUT2D eigenvalue weighted by Gasteiger charge is -2.21. The average molecular weight is 448 g/mol. The molecule has 1 heterocycles. The third-order valence-electron chi connectivity index (χ3n) is 4.95. The smallest absolute Gasteiger partial charge is 0.241 e. The van der Waals surface area contributed by atoms with Crippen molar-refractivity contribution in [3.63, 3.8) is 0 Å². The van der Waals surface area contributed by atoms with Gasteiger partial charge in [0.15, 0.2) is 0 Å². The fourth-order valence-electron chi connectivity index (χ4n) is 3.43. The number of aromatic nitrogens is 1. The molecular weight excluding hydrogens is 422 g/mol. The summed E-state index contributed by atoms with van der Waals surface area (Å²) >= 11 is 5.87. The second-order valence-electron chi connectivity index (χ2n) is 7.39. The zero-order valence-corrected chi connectivity index (χ0v) is 18.6. The first kappa shape index (κ1) is 22.3. The quantitative estimate of drug-likeness (QED) is 0.462. The predicted molar refractivity (Wildman–Crippen MR) is 120 cm³/mol. The molecule has 3 N–H and O–H groups in total. The van der Waals surface area contributed by atoms with Crippen molar-refractivity contribution < 1.29 is 13.2 Å². The highest BCUT2D eigenvalue weighted by Crippen LogP contribution is 2.20. The monoisotopic (exact) mass is 447 g/mol.